The summed E-state index contributed by atoms with van der Waals surface area (Å²) in [7, 11) is 0. The summed E-state index contributed by atoms with van der Waals surface area (Å²) in [4.78, 5) is 39.1. The van der Waals surface area contributed by atoms with Crippen molar-refractivity contribution in [3.63, 3.8) is 0 Å². The molecule has 0 aromatic heterocycles. The lowest BCUT2D eigenvalue weighted by Crippen LogP contribution is -2.53. The van der Waals surface area contributed by atoms with Gasteiger partial charge in [-0.25, -0.2) is 4.79 Å². The zero-order valence-corrected chi connectivity index (χ0v) is 12.4. The van der Waals surface area contributed by atoms with E-state index in [1.807, 2.05) is 0 Å². The minimum absolute atomic E-state index is 0.0552. The van der Waals surface area contributed by atoms with Crippen LogP contribution in [-0.4, -0.2) is 89.7 Å². The van der Waals surface area contributed by atoms with E-state index in [2.05, 4.69) is 6.58 Å². The lowest BCUT2D eigenvalue weighted by molar-refractivity contribution is -0.140. The second-order valence-corrected chi connectivity index (χ2v) is 5.48. The van der Waals surface area contributed by atoms with Crippen molar-refractivity contribution in [2.24, 2.45) is 0 Å². The van der Waals surface area contributed by atoms with E-state index in [1.165, 1.54) is 15.9 Å². The number of amides is 3. The first-order valence-corrected chi connectivity index (χ1v) is 7.24. The van der Waals surface area contributed by atoms with Crippen LogP contribution in [0.25, 0.3) is 0 Å². The Kier molecular flexibility index (Phi) is 5.37. The van der Waals surface area contributed by atoms with E-state index < -0.39 is 12.2 Å². The van der Waals surface area contributed by atoms with Crippen molar-refractivity contribution in [3.05, 3.63) is 12.7 Å². The molecule has 2 saturated heterocycles. The van der Waals surface area contributed by atoms with Crippen molar-refractivity contribution in [2.75, 3.05) is 39.3 Å². The lowest BCUT2D eigenvalue weighted by atomic mass is 10.1. The maximum Gasteiger partial charge on any atom is 0.410 e. The van der Waals surface area contributed by atoms with Crippen LogP contribution in [0.5, 0.6) is 0 Å². The highest BCUT2D eigenvalue weighted by atomic mass is 16.6. The summed E-state index contributed by atoms with van der Waals surface area (Å²) in [6.07, 6.45) is 1.41. The summed E-state index contributed by atoms with van der Waals surface area (Å²) in [6.45, 7) is 5.09. The van der Waals surface area contributed by atoms with E-state index in [1.54, 1.807) is 4.90 Å². The minimum atomic E-state index is -0.618. The lowest BCUT2D eigenvalue weighted by Gasteiger charge is -2.35. The van der Waals surface area contributed by atoms with Gasteiger partial charge in [0.1, 0.15) is 6.61 Å². The third-order valence-electron chi connectivity index (χ3n) is 3.88. The Bertz CT molecular complexity index is 456. The van der Waals surface area contributed by atoms with Crippen LogP contribution in [0.1, 0.15) is 6.42 Å². The van der Waals surface area contributed by atoms with Gasteiger partial charge in [-0.3, -0.25) is 9.59 Å². The predicted octanol–water partition coefficient (Wildman–Crippen LogP) is -0.955. The van der Waals surface area contributed by atoms with Crippen molar-refractivity contribution in [1.29, 1.82) is 0 Å². The molecule has 122 valence electrons. The number of rotatable bonds is 5. The number of nitrogens with zero attached hydrogens (tertiary/aromatic N) is 3. The highest BCUT2D eigenvalue weighted by molar-refractivity contribution is 5.81. The summed E-state index contributed by atoms with van der Waals surface area (Å²) in [5.41, 5.74) is 0. The van der Waals surface area contributed by atoms with Gasteiger partial charge in [-0.05, 0) is 6.42 Å². The fourth-order valence-electron chi connectivity index (χ4n) is 2.77. The summed E-state index contributed by atoms with van der Waals surface area (Å²) < 4.78 is 5.00. The van der Waals surface area contributed by atoms with Gasteiger partial charge in [0.2, 0.25) is 12.3 Å². The predicted molar refractivity (Wildman–Crippen MR) is 76.9 cm³/mol. The number of hydrogen-bond donors (Lipinski definition) is 1. The van der Waals surface area contributed by atoms with Crippen LogP contribution in [0.4, 0.5) is 4.79 Å². The number of likely N-dealkylation sites (tertiary alicyclic amines) is 1. The van der Waals surface area contributed by atoms with Gasteiger partial charge in [-0.1, -0.05) is 12.7 Å². The second kappa shape index (κ2) is 7.26. The first-order chi connectivity index (χ1) is 10.5. The Morgan fingerprint density at radius 2 is 2.23 bits per heavy atom. The average molecular weight is 311 g/mol. The molecular formula is C14H21N3O5. The highest BCUT2D eigenvalue weighted by Gasteiger charge is 2.37. The number of carbonyl (C=O) groups excluding carboxylic acids is 3. The normalized spacial score (nSPS) is 25.3. The third-order valence-corrected chi connectivity index (χ3v) is 3.88. The van der Waals surface area contributed by atoms with E-state index in [0.717, 1.165) is 0 Å². The molecule has 0 bridgehead atoms. The Labute approximate surface area is 128 Å². The maximum absolute atomic E-state index is 12.0. The van der Waals surface area contributed by atoms with Gasteiger partial charge < -0.3 is 24.5 Å². The molecule has 2 atom stereocenters. The molecular weight excluding hydrogens is 290 g/mol. The van der Waals surface area contributed by atoms with E-state index in [4.69, 9.17) is 4.74 Å². The molecule has 0 unspecified atom stereocenters. The Morgan fingerprint density at radius 3 is 2.86 bits per heavy atom. The van der Waals surface area contributed by atoms with Gasteiger partial charge in [0.25, 0.3) is 0 Å². The average Bonchev–Trinajstić information content (AvgIpc) is 2.87. The zero-order valence-electron chi connectivity index (χ0n) is 12.4. The summed E-state index contributed by atoms with van der Waals surface area (Å²) in [6, 6.07) is -0.279. The molecule has 0 saturated carbocycles. The van der Waals surface area contributed by atoms with Gasteiger partial charge in [0.05, 0.1) is 25.2 Å². The Balaban J connectivity index is 1.94. The number of ether oxygens (including phenoxy) is 1. The van der Waals surface area contributed by atoms with Crippen LogP contribution in [0.2, 0.25) is 0 Å². The van der Waals surface area contributed by atoms with Crippen molar-refractivity contribution in [1.82, 2.24) is 14.7 Å². The van der Waals surface area contributed by atoms with E-state index >= 15 is 0 Å². The van der Waals surface area contributed by atoms with Gasteiger partial charge in [0, 0.05) is 19.6 Å². The van der Waals surface area contributed by atoms with Crippen LogP contribution in [-0.2, 0) is 14.3 Å². The zero-order chi connectivity index (χ0) is 16.1. The molecule has 22 heavy (non-hydrogen) atoms. The maximum atomic E-state index is 12.0. The largest absolute Gasteiger partial charge is 0.445 e. The standard InChI is InChI=1S/C14H21N3O5/c1-2-5-22-14(21)17-8-12(19)6-11(17)7-16-4-3-15(10-18)9-13(16)20/h2,10-12,19H,1,3-9H2/t11-,12+/m0/s1. The third kappa shape index (κ3) is 3.76. The fourth-order valence-corrected chi connectivity index (χ4v) is 2.77. The van der Waals surface area contributed by atoms with E-state index in [0.29, 0.717) is 32.5 Å². The van der Waals surface area contributed by atoms with Crippen LogP contribution in [0, 0.1) is 0 Å². The number of carbonyl (C=O) groups is 3. The molecule has 0 aromatic carbocycles. The van der Waals surface area contributed by atoms with Crippen LogP contribution < -0.4 is 0 Å². The monoisotopic (exact) mass is 311 g/mol. The van der Waals surface area contributed by atoms with Gasteiger partial charge in [0.15, 0.2) is 0 Å². The molecule has 2 heterocycles. The second-order valence-electron chi connectivity index (χ2n) is 5.48. The first kappa shape index (κ1) is 16.3. The molecule has 8 heteroatoms. The van der Waals surface area contributed by atoms with Gasteiger partial charge in [-0.15, -0.1) is 0 Å². The summed E-state index contributed by atoms with van der Waals surface area (Å²) in [5.74, 6) is -0.154. The molecule has 0 aliphatic carbocycles. The number of aliphatic hydroxyl groups is 1. The van der Waals surface area contributed by atoms with Crippen molar-refractivity contribution in [3.8, 4) is 0 Å². The number of piperazine rings is 1. The molecule has 0 spiro atoms. The summed E-state index contributed by atoms with van der Waals surface area (Å²) in [5, 5.41) is 9.79. The fraction of sp³-hybridized carbons (Fsp3) is 0.643. The Hall–Kier alpha value is -2.09. The molecule has 3 amide bonds. The van der Waals surface area contributed by atoms with Crippen LogP contribution >= 0.6 is 0 Å². The summed E-state index contributed by atoms with van der Waals surface area (Å²) >= 11 is 0. The minimum Gasteiger partial charge on any atom is -0.445 e. The molecule has 2 rings (SSSR count). The molecule has 1 N–H and O–H groups in total. The Morgan fingerprint density at radius 1 is 1.45 bits per heavy atom. The highest BCUT2D eigenvalue weighted by Crippen LogP contribution is 2.20. The molecule has 0 aromatic rings. The molecule has 8 nitrogen and oxygen atoms in total. The number of hydrogen-bond acceptors (Lipinski definition) is 5. The quantitative estimate of drug-likeness (QED) is 0.522. The van der Waals surface area contributed by atoms with Crippen LogP contribution in [0.3, 0.4) is 0 Å². The van der Waals surface area contributed by atoms with Crippen molar-refractivity contribution < 1.29 is 24.2 Å². The van der Waals surface area contributed by atoms with Crippen LogP contribution in [0.15, 0.2) is 12.7 Å². The smallest absolute Gasteiger partial charge is 0.410 e. The topological polar surface area (TPSA) is 90.4 Å². The molecule has 2 aliphatic rings. The number of aliphatic hydroxyl groups excluding tert-OH is 1. The van der Waals surface area contributed by atoms with Crippen molar-refractivity contribution in [2.45, 2.75) is 18.6 Å². The number of β-amino-alcohol motifs (C(OH)–C–C–N with tert-alkyl or cyclic N) is 1. The SMILES string of the molecule is C=CCOC(=O)N1C[C@H](O)C[C@H]1CN1CCN(C=O)CC1=O. The van der Waals surface area contributed by atoms with Gasteiger partial charge in [-0.2, -0.15) is 0 Å². The van der Waals surface area contributed by atoms with Gasteiger partial charge >= 0.3 is 6.09 Å². The van der Waals surface area contributed by atoms with E-state index in [9.17, 15) is 19.5 Å². The molecule has 0 radical (unpaired) electrons. The molecule has 2 fully saturated rings. The van der Waals surface area contributed by atoms with E-state index in [-0.39, 0.29) is 31.6 Å². The first-order valence-electron chi connectivity index (χ1n) is 7.24. The van der Waals surface area contributed by atoms with Crippen molar-refractivity contribution >= 4 is 18.4 Å². The molecule has 2 aliphatic heterocycles.